The van der Waals surface area contributed by atoms with Crippen molar-refractivity contribution in [2.75, 3.05) is 6.61 Å². The van der Waals surface area contributed by atoms with E-state index in [1.807, 2.05) is 30.3 Å². The second-order valence-electron chi connectivity index (χ2n) is 5.39. The summed E-state index contributed by atoms with van der Waals surface area (Å²) >= 11 is 0. The Hall–Kier alpha value is -3.59. The van der Waals surface area contributed by atoms with Crippen molar-refractivity contribution in [3.8, 4) is 23.1 Å². The van der Waals surface area contributed by atoms with Crippen LogP contribution in [0.4, 0.5) is 0 Å². The van der Waals surface area contributed by atoms with Gasteiger partial charge in [0.05, 0.1) is 12.2 Å². The van der Waals surface area contributed by atoms with Crippen LogP contribution in [0.3, 0.4) is 0 Å². The number of carbonyl (C=O) groups excluding carboxylic acids is 1. The summed E-state index contributed by atoms with van der Waals surface area (Å²) in [5, 5.41) is 13.1. The smallest absolute Gasteiger partial charge is 0.360 e. The summed E-state index contributed by atoms with van der Waals surface area (Å²) in [5.74, 6) is 0.301. The first-order valence-corrected chi connectivity index (χ1v) is 8.06. The second kappa shape index (κ2) is 7.99. The van der Waals surface area contributed by atoms with Crippen LogP contribution in [-0.4, -0.2) is 17.7 Å². The normalized spacial score (nSPS) is 10.2. The van der Waals surface area contributed by atoms with Crippen LogP contribution in [0.5, 0.6) is 5.75 Å². The van der Waals surface area contributed by atoms with Crippen molar-refractivity contribution in [2.45, 2.75) is 13.5 Å². The Balaban J connectivity index is 1.78. The van der Waals surface area contributed by atoms with E-state index >= 15 is 0 Å². The molecule has 0 atom stereocenters. The van der Waals surface area contributed by atoms with Crippen LogP contribution in [-0.2, 0) is 11.3 Å². The molecule has 3 rings (SSSR count). The summed E-state index contributed by atoms with van der Waals surface area (Å²) in [7, 11) is 0. The van der Waals surface area contributed by atoms with Gasteiger partial charge in [0.2, 0.25) is 0 Å². The third kappa shape index (κ3) is 3.90. The number of nitrogens with zero attached hydrogens (tertiary/aromatic N) is 2. The van der Waals surface area contributed by atoms with Crippen LogP contribution in [0.15, 0.2) is 59.1 Å². The average molecular weight is 348 g/mol. The highest BCUT2D eigenvalue weighted by atomic mass is 16.5. The van der Waals surface area contributed by atoms with E-state index < -0.39 is 5.97 Å². The lowest BCUT2D eigenvalue weighted by atomic mass is 10.1. The van der Waals surface area contributed by atoms with Gasteiger partial charge in [-0.1, -0.05) is 35.5 Å². The molecular formula is C20H16N2O4. The number of rotatable bonds is 6. The first kappa shape index (κ1) is 17.2. The highest BCUT2D eigenvalue weighted by Gasteiger charge is 2.16. The third-order valence-electron chi connectivity index (χ3n) is 3.62. The zero-order valence-corrected chi connectivity index (χ0v) is 14.1. The molecule has 6 heteroatoms. The number of benzene rings is 2. The Morgan fingerprint density at radius 1 is 1.19 bits per heavy atom. The molecule has 0 radical (unpaired) electrons. The number of nitriles is 1. The van der Waals surface area contributed by atoms with Crippen molar-refractivity contribution in [2.24, 2.45) is 0 Å². The van der Waals surface area contributed by atoms with Crippen LogP contribution in [0.1, 0.15) is 28.5 Å². The van der Waals surface area contributed by atoms with Crippen LogP contribution in [0.25, 0.3) is 11.3 Å². The zero-order chi connectivity index (χ0) is 18.4. The largest absolute Gasteiger partial charge is 0.488 e. The molecule has 26 heavy (non-hydrogen) atoms. The average Bonchev–Trinajstić information content (AvgIpc) is 3.17. The van der Waals surface area contributed by atoms with Crippen molar-refractivity contribution in [3.63, 3.8) is 0 Å². The quantitative estimate of drug-likeness (QED) is 0.627. The Kier molecular flexibility index (Phi) is 5.30. The SMILES string of the molecule is CCOC(=O)c1cc(-c2ccc(OCc3ccccc3)c(C#N)c2)on1. The van der Waals surface area contributed by atoms with Gasteiger partial charge in [-0.3, -0.25) is 0 Å². The van der Waals surface area contributed by atoms with Gasteiger partial charge >= 0.3 is 5.97 Å². The maximum Gasteiger partial charge on any atom is 0.360 e. The van der Waals surface area contributed by atoms with E-state index in [-0.39, 0.29) is 12.3 Å². The van der Waals surface area contributed by atoms with Crippen LogP contribution >= 0.6 is 0 Å². The fraction of sp³-hybridized carbons (Fsp3) is 0.150. The third-order valence-corrected chi connectivity index (χ3v) is 3.62. The van der Waals surface area contributed by atoms with Gasteiger partial charge in [0.1, 0.15) is 18.4 Å². The topological polar surface area (TPSA) is 85.4 Å². The molecule has 0 saturated heterocycles. The van der Waals surface area contributed by atoms with Crippen molar-refractivity contribution in [3.05, 3.63) is 71.4 Å². The molecular weight excluding hydrogens is 332 g/mol. The van der Waals surface area contributed by atoms with E-state index in [4.69, 9.17) is 14.0 Å². The van der Waals surface area contributed by atoms with E-state index in [9.17, 15) is 10.1 Å². The summed E-state index contributed by atoms with van der Waals surface area (Å²) in [5.41, 5.74) is 2.09. The lowest BCUT2D eigenvalue weighted by molar-refractivity contribution is 0.0514. The van der Waals surface area contributed by atoms with Crippen molar-refractivity contribution in [1.29, 1.82) is 5.26 Å². The molecule has 0 fully saturated rings. The number of aromatic nitrogens is 1. The summed E-state index contributed by atoms with van der Waals surface area (Å²) in [6.07, 6.45) is 0. The maximum atomic E-state index is 11.7. The Morgan fingerprint density at radius 2 is 2.00 bits per heavy atom. The van der Waals surface area contributed by atoms with E-state index in [2.05, 4.69) is 11.2 Å². The van der Waals surface area contributed by atoms with Gasteiger partial charge in [0.25, 0.3) is 0 Å². The highest BCUT2D eigenvalue weighted by Crippen LogP contribution is 2.27. The Morgan fingerprint density at radius 3 is 2.73 bits per heavy atom. The molecule has 0 unspecified atom stereocenters. The molecule has 0 spiro atoms. The molecule has 2 aromatic carbocycles. The number of ether oxygens (including phenoxy) is 2. The lowest BCUT2D eigenvalue weighted by Crippen LogP contribution is -2.04. The Labute approximate surface area is 150 Å². The molecule has 0 N–H and O–H groups in total. The monoisotopic (exact) mass is 348 g/mol. The fourth-order valence-electron chi connectivity index (χ4n) is 2.34. The minimum absolute atomic E-state index is 0.0877. The summed E-state index contributed by atoms with van der Waals surface area (Å²) in [6.45, 7) is 2.34. The predicted octanol–water partition coefficient (Wildman–Crippen LogP) is 3.97. The molecule has 0 bridgehead atoms. The van der Waals surface area contributed by atoms with E-state index in [0.29, 0.717) is 29.2 Å². The van der Waals surface area contributed by atoms with Crippen molar-refractivity contribution < 1.29 is 18.8 Å². The summed E-state index contributed by atoms with van der Waals surface area (Å²) in [6, 6.07) is 18.4. The Bertz CT molecular complexity index is 942. The molecule has 1 heterocycles. The molecule has 6 nitrogen and oxygen atoms in total. The van der Waals surface area contributed by atoms with Gasteiger partial charge in [0.15, 0.2) is 11.5 Å². The van der Waals surface area contributed by atoms with Gasteiger partial charge in [0, 0.05) is 11.6 Å². The summed E-state index contributed by atoms with van der Waals surface area (Å²) < 4.78 is 15.8. The number of hydrogen-bond acceptors (Lipinski definition) is 6. The minimum atomic E-state index is -0.550. The van der Waals surface area contributed by atoms with Crippen molar-refractivity contribution in [1.82, 2.24) is 5.16 Å². The van der Waals surface area contributed by atoms with Gasteiger partial charge in [-0.15, -0.1) is 0 Å². The van der Waals surface area contributed by atoms with Crippen LogP contribution in [0, 0.1) is 11.3 Å². The lowest BCUT2D eigenvalue weighted by Gasteiger charge is -2.08. The zero-order valence-electron chi connectivity index (χ0n) is 14.1. The standard InChI is InChI=1S/C20H16N2O4/c1-2-24-20(23)17-11-19(26-22-17)15-8-9-18(16(10-15)12-21)25-13-14-6-4-3-5-7-14/h3-11H,2,13H2,1H3. The minimum Gasteiger partial charge on any atom is -0.488 e. The number of esters is 1. The molecule has 0 aliphatic rings. The molecule has 3 aromatic rings. The molecule has 0 aliphatic carbocycles. The van der Waals surface area contributed by atoms with E-state index in [1.165, 1.54) is 6.07 Å². The fourth-order valence-corrected chi connectivity index (χ4v) is 2.34. The first-order chi connectivity index (χ1) is 12.7. The molecule has 1 aromatic heterocycles. The molecule has 0 aliphatic heterocycles. The van der Waals surface area contributed by atoms with Gasteiger partial charge in [-0.2, -0.15) is 5.26 Å². The first-order valence-electron chi connectivity index (χ1n) is 8.06. The molecule has 0 saturated carbocycles. The number of hydrogen-bond donors (Lipinski definition) is 0. The van der Waals surface area contributed by atoms with E-state index in [0.717, 1.165) is 5.56 Å². The van der Waals surface area contributed by atoms with Crippen LogP contribution in [0.2, 0.25) is 0 Å². The van der Waals surface area contributed by atoms with E-state index in [1.54, 1.807) is 25.1 Å². The van der Waals surface area contributed by atoms with Gasteiger partial charge in [-0.25, -0.2) is 4.79 Å². The molecule has 0 amide bonds. The highest BCUT2D eigenvalue weighted by molar-refractivity contribution is 5.88. The predicted molar refractivity (Wildman–Crippen MR) is 93.4 cm³/mol. The van der Waals surface area contributed by atoms with Crippen LogP contribution < -0.4 is 4.74 Å². The van der Waals surface area contributed by atoms with Crippen molar-refractivity contribution >= 4 is 5.97 Å². The number of carbonyl (C=O) groups is 1. The van der Waals surface area contributed by atoms with Gasteiger partial charge < -0.3 is 14.0 Å². The second-order valence-corrected chi connectivity index (χ2v) is 5.39. The molecule has 130 valence electrons. The van der Waals surface area contributed by atoms with Gasteiger partial charge in [-0.05, 0) is 30.7 Å². The maximum absolute atomic E-state index is 11.7. The summed E-state index contributed by atoms with van der Waals surface area (Å²) in [4.78, 5) is 11.7.